The lowest BCUT2D eigenvalue weighted by Gasteiger charge is -2.03. The predicted molar refractivity (Wildman–Crippen MR) is 70.8 cm³/mol. The molecular formula is C14H9BrO. The summed E-state index contributed by atoms with van der Waals surface area (Å²) in [6.07, 6.45) is 0. The average molecular weight is 273 g/mol. The molecule has 3 aromatic carbocycles. The van der Waals surface area contributed by atoms with E-state index in [2.05, 4.69) is 40.2 Å². The van der Waals surface area contributed by atoms with Gasteiger partial charge in [0, 0.05) is 4.47 Å². The molecule has 1 nitrogen and oxygen atoms in total. The topological polar surface area (TPSA) is 20.2 Å². The molecule has 0 aliphatic heterocycles. The molecule has 0 bridgehead atoms. The Morgan fingerprint density at radius 3 is 2.06 bits per heavy atom. The van der Waals surface area contributed by atoms with E-state index in [4.69, 9.17) is 0 Å². The van der Waals surface area contributed by atoms with Crippen LogP contribution in [0.15, 0.2) is 53.0 Å². The second-order valence-electron chi connectivity index (χ2n) is 3.88. The van der Waals surface area contributed by atoms with Gasteiger partial charge in [0.15, 0.2) is 0 Å². The number of halogens is 1. The molecule has 0 radical (unpaired) electrons. The van der Waals surface area contributed by atoms with Crippen LogP contribution in [0.5, 0.6) is 5.75 Å². The molecular weight excluding hydrogens is 264 g/mol. The van der Waals surface area contributed by atoms with Crippen molar-refractivity contribution in [2.24, 2.45) is 0 Å². The van der Waals surface area contributed by atoms with Gasteiger partial charge >= 0.3 is 0 Å². The fourth-order valence-electron chi connectivity index (χ4n) is 1.96. The lowest BCUT2D eigenvalue weighted by Crippen LogP contribution is -1.76. The Labute approximate surface area is 101 Å². The maximum Gasteiger partial charge on any atom is 0.116 e. The molecule has 0 aromatic heterocycles. The number of hydrogen-bond acceptors (Lipinski definition) is 1. The van der Waals surface area contributed by atoms with Crippen molar-refractivity contribution < 1.29 is 5.11 Å². The highest BCUT2D eigenvalue weighted by atomic mass is 79.9. The largest absolute Gasteiger partial charge is 0.508 e. The molecule has 0 amide bonds. The van der Waals surface area contributed by atoms with Gasteiger partial charge in [-0.15, -0.1) is 0 Å². The minimum Gasteiger partial charge on any atom is -0.508 e. The van der Waals surface area contributed by atoms with Crippen molar-refractivity contribution in [3.63, 3.8) is 0 Å². The molecule has 0 unspecified atom stereocenters. The van der Waals surface area contributed by atoms with Crippen molar-refractivity contribution >= 4 is 37.5 Å². The van der Waals surface area contributed by atoms with Gasteiger partial charge in [-0.2, -0.15) is 0 Å². The van der Waals surface area contributed by atoms with Gasteiger partial charge < -0.3 is 5.11 Å². The van der Waals surface area contributed by atoms with Gasteiger partial charge in [-0.1, -0.05) is 28.1 Å². The van der Waals surface area contributed by atoms with Gasteiger partial charge in [0.2, 0.25) is 0 Å². The zero-order chi connectivity index (χ0) is 11.1. The third kappa shape index (κ3) is 1.55. The Morgan fingerprint density at radius 2 is 1.31 bits per heavy atom. The van der Waals surface area contributed by atoms with E-state index >= 15 is 0 Å². The Kier molecular flexibility index (Phi) is 2.11. The summed E-state index contributed by atoms with van der Waals surface area (Å²) < 4.78 is 1.08. The molecule has 3 rings (SSSR count). The molecule has 0 saturated carbocycles. The average Bonchev–Trinajstić information content (AvgIpc) is 2.26. The fourth-order valence-corrected chi connectivity index (χ4v) is 2.33. The van der Waals surface area contributed by atoms with E-state index in [0.717, 1.165) is 15.2 Å². The summed E-state index contributed by atoms with van der Waals surface area (Å²) in [5.74, 6) is 0.309. The molecule has 16 heavy (non-hydrogen) atoms. The summed E-state index contributed by atoms with van der Waals surface area (Å²) in [4.78, 5) is 0. The first kappa shape index (κ1) is 9.67. The minimum absolute atomic E-state index is 0.309. The smallest absolute Gasteiger partial charge is 0.116 e. The quantitative estimate of drug-likeness (QED) is 0.599. The van der Waals surface area contributed by atoms with E-state index in [9.17, 15) is 5.11 Å². The number of benzene rings is 3. The van der Waals surface area contributed by atoms with Crippen LogP contribution in [0.1, 0.15) is 0 Å². The van der Waals surface area contributed by atoms with Gasteiger partial charge in [0.25, 0.3) is 0 Å². The minimum atomic E-state index is 0.309. The second kappa shape index (κ2) is 3.49. The zero-order valence-electron chi connectivity index (χ0n) is 8.44. The molecule has 0 aliphatic carbocycles. The molecule has 0 saturated heterocycles. The van der Waals surface area contributed by atoms with Crippen molar-refractivity contribution in [3.05, 3.63) is 53.0 Å². The van der Waals surface area contributed by atoms with Gasteiger partial charge in [-0.3, -0.25) is 0 Å². The Hall–Kier alpha value is -1.54. The summed E-state index contributed by atoms with van der Waals surface area (Å²) in [5.41, 5.74) is 0. The summed E-state index contributed by atoms with van der Waals surface area (Å²) in [7, 11) is 0. The summed E-state index contributed by atoms with van der Waals surface area (Å²) >= 11 is 3.47. The molecule has 0 heterocycles. The molecule has 1 N–H and O–H groups in total. The number of rotatable bonds is 0. The number of hydrogen-bond donors (Lipinski definition) is 1. The van der Waals surface area contributed by atoms with E-state index in [1.165, 1.54) is 10.8 Å². The third-order valence-corrected chi connectivity index (χ3v) is 3.23. The van der Waals surface area contributed by atoms with Crippen LogP contribution in [0.3, 0.4) is 0 Å². The van der Waals surface area contributed by atoms with Gasteiger partial charge in [-0.05, 0) is 57.9 Å². The van der Waals surface area contributed by atoms with Gasteiger partial charge in [0.1, 0.15) is 5.75 Å². The van der Waals surface area contributed by atoms with Crippen LogP contribution in [0.2, 0.25) is 0 Å². The lowest BCUT2D eigenvalue weighted by atomic mass is 10.0. The number of phenols is 1. The van der Waals surface area contributed by atoms with Crippen LogP contribution >= 0.6 is 15.9 Å². The highest BCUT2D eigenvalue weighted by molar-refractivity contribution is 9.10. The van der Waals surface area contributed by atoms with E-state index in [-0.39, 0.29) is 0 Å². The number of aromatic hydroxyl groups is 1. The second-order valence-corrected chi connectivity index (χ2v) is 4.79. The summed E-state index contributed by atoms with van der Waals surface area (Å²) in [6, 6.07) is 15.9. The van der Waals surface area contributed by atoms with Crippen molar-refractivity contribution in [2.75, 3.05) is 0 Å². The van der Waals surface area contributed by atoms with Crippen molar-refractivity contribution in [1.29, 1.82) is 0 Å². The first-order chi connectivity index (χ1) is 7.72. The maximum absolute atomic E-state index is 9.44. The van der Waals surface area contributed by atoms with Crippen molar-refractivity contribution in [3.8, 4) is 5.75 Å². The maximum atomic E-state index is 9.44. The van der Waals surface area contributed by atoms with E-state index in [1.54, 1.807) is 12.1 Å². The zero-order valence-corrected chi connectivity index (χ0v) is 10.0. The van der Waals surface area contributed by atoms with Crippen LogP contribution in [-0.2, 0) is 0 Å². The van der Waals surface area contributed by atoms with Gasteiger partial charge in [0.05, 0.1) is 0 Å². The van der Waals surface area contributed by atoms with E-state index in [0.29, 0.717) is 5.75 Å². The molecule has 78 valence electrons. The monoisotopic (exact) mass is 272 g/mol. The number of fused-ring (bicyclic) bond motifs is 2. The highest BCUT2D eigenvalue weighted by Gasteiger charge is 1.99. The number of phenolic OH excluding ortho intramolecular Hbond substituents is 1. The standard InChI is InChI=1S/C14H9BrO/c15-13-3-1-9-6-12-8-14(16)4-2-10(12)5-11(9)7-13/h1-8,16H. The van der Waals surface area contributed by atoms with Crippen LogP contribution in [0.25, 0.3) is 21.5 Å². The highest BCUT2D eigenvalue weighted by Crippen LogP contribution is 2.27. The van der Waals surface area contributed by atoms with Crippen LogP contribution in [0, 0.1) is 0 Å². The Bertz CT molecular complexity index is 627. The first-order valence-electron chi connectivity index (χ1n) is 5.04. The molecule has 3 aromatic rings. The lowest BCUT2D eigenvalue weighted by molar-refractivity contribution is 0.476. The molecule has 0 atom stereocenters. The van der Waals surface area contributed by atoms with Crippen LogP contribution in [-0.4, -0.2) is 5.11 Å². The molecule has 2 heteroatoms. The van der Waals surface area contributed by atoms with Crippen LogP contribution < -0.4 is 0 Å². The Morgan fingerprint density at radius 1 is 0.688 bits per heavy atom. The fraction of sp³-hybridized carbons (Fsp3) is 0. The van der Waals surface area contributed by atoms with Crippen LogP contribution in [0.4, 0.5) is 0 Å². The molecule has 0 spiro atoms. The summed E-state index contributed by atoms with van der Waals surface area (Å²) in [5, 5.41) is 14.0. The van der Waals surface area contributed by atoms with Gasteiger partial charge in [-0.25, -0.2) is 0 Å². The third-order valence-electron chi connectivity index (χ3n) is 2.74. The van der Waals surface area contributed by atoms with Crippen molar-refractivity contribution in [2.45, 2.75) is 0 Å². The predicted octanol–water partition coefficient (Wildman–Crippen LogP) is 4.46. The molecule has 0 fully saturated rings. The first-order valence-corrected chi connectivity index (χ1v) is 5.84. The van der Waals surface area contributed by atoms with Crippen molar-refractivity contribution in [1.82, 2.24) is 0 Å². The Balaban J connectivity index is 2.44. The SMILES string of the molecule is Oc1ccc2cc3cc(Br)ccc3cc2c1. The normalized spacial score (nSPS) is 11.1. The molecule has 0 aliphatic rings. The van der Waals surface area contributed by atoms with E-state index in [1.807, 2.05) is 12.1 Å². The summed E-state index contributed by atoms with van der Waals surface area (Å²) in [6.45, 7) is 0. The van der Waals surface area contributed by atoms with E-state index < -0.39 is 0 Å².